The first-order valence-electron chi connectivity index (χ1n) is 15.9. The van der Waals surface area contributed by atoms with Gasteiger partial charge in [-0.05, 0) is 37.0 Å². The summed E-state index contributed by atoms with van der Waals surface area (Å²) in [5, 5.41) is 33.5. The number of nitrogens with zero attached hydrogens (tertiary/aromatic N) is 1. The molecular formula is C32H54Cl2N2O6. The number of aliphatic hydroxyl groups is 3. The topological polar surface area (TPSA) is 111 Å². The third-order valence-electron chi connectivity index (χ3n) is 7.87. The summed E-state index contributed by atoms with van der Waals surface area (Å²) in [7, 11) is 0. The van der Waals surface area contributed by atoms with Gasteiger partial charge in [-0.1, -0.05) is 76.8 Å². The molecule has 0 aromatic heterocycles. The number of anilines is 1. The Bertz CT molecular complexity index is 828. The predicted molar refractivity (Wildman–Crippen MR) is 171 cm³/mol. The van der Waals surface area contributed by atoms with Crippen LogP contribution in [0.2, 0.25) is 0 Å². The molecule has 1 amide bonds. The molecular weight excluding hydrogens is 579 g/mol. The Morgan fingerprint density at radius 3 is 2.07 bits per heavy atom. The third kappa shape index (κ3) is 13.7. The fraction of sp³-hybridized carbons (Fsp3) is 0.781. The fourth-order valence-corrected chi connectivity index (χ4v) is 5.73. The first-order chi connectivity index (χ1) is 20.4. The summed E-state index contributed by atoms with van der Waals surface area (Å²) in [5.74, 6) is 0.797. The molecule has 0 saturated carbocycles. The van der Waals surface area contributed by atoms with E-state index in [1.54, 1.807) is 0 Å². The van der Waals surface area contributed by atoms with Gasteiger partial charge in [-0.3, -0.25) is 4.79 Å². The molecule has 1 aliphatic rings. The van der Waals surface area contributed by atoms with Crippen LogP contribution < -0.4 is 10.2 Å². The lowest BCUT2D eigenvalue weighted by molar-refractivity contribution is -0.270. The first kappa shape index (κ1) is 37.1. The Morgan fingerprint density at radius 2 is 1.50 bits per heavy atom. The highest BCUT2D eigenvalue weighted by Crippen LogP contribution is 2.23. The number of unbranched alkanes of at least 4 members (excludes halogenated alkanes) is 9. The van der Waals surface area contributed by atoms with Crippen LogP contribution in [0.5, 0.6) is 0 Å². The molecule has 1 aliphatic heterocycles. The fourth-order valence-electron chi connectivity index (χ4n) is 5.33. The van der Waals surface area contributed by atoms with Gasteiger partial charge in [-0.2, -0.15) is 0 Å². The quantitative estimate of drug-likeness (QED) is 0.0974. The Morgan fingerprint density at radius 1 is 0.905 bits per heavy atom. The molecule has 2 rings (SSSR count). The average molecular weight is 634 g/mol. The molecule has 1 fully saturated rings. The lowest BCUT2D eigenvalue weighted by Gasteiger charge is -2.42. The zero-order valence-corrected chi connectivity index (χ0v) is 26.9. The van der Waals surface area contributed by atoms with Crippen LogP contribution in [0.15, 0.2) is 24.3 Å². The summed E-state index contributed by atoms with van der Waals surface area (Å²) in [6.07, 6.45) is 9.07. The summed E-state index contributed by atoms with van der Waals surface area (Å²) in [6.45, 7) is 3.64. The van der Waals surface area contributed by atoms with Crippen LogP contribution in [-0.4, -0.2) is 89.9 Å². The minimum atomic E-state index is -1.33. The second kappa shape index (κ2) is 22.4. The Balaban J connectivity index is 1.77. The van der Waals surface area contributed by atoms with Crippen LogP contribution in [0.1, 0.15) is 89.5 Å². The van der Waals surface area contributed by atoms with Gasteiger partial charge in [0.25, 0.3) is 0 Å². The zero-order valence-electron chi connectivity index (χ0n) is 25.4. The van der Waals surface area contributed by atoms with Crippen molar-refractivity contribution in [3.63, 3.8) is 0 Å². The van der Waals surface area contributed by atoms with Crippen molar-refractivity contribution in [1.29, 1.82) is 0 Å². The molecule has 0 aliphatic carbocycles. The number of carbonyl (C=O) groups excluding carboxylic acids is 1. The standard InChI is InChI=1S/C32H54Cl2N2O6/c1-2-3-4-5-6-7-8-9-10-11-23-41-32-29(31(40)30(39)27(24-37)42-32)35-28(38)14-12-13-25-15-17-26(18-16-25)36(21-19-33)22-20-34/h15-18,27,29-32,37,39-40H,2-14,19-24H2,1H3,(H,35,38)/t27-,29-,30-,31+,32-/m1/s1. The second-order valence-corrected chi connectivity index (χ2v) is 12.0. The van der Waals surface area contributed by atoms with Crippen molar-refractivity contribution in [2.24, 2.45) is 0 Å². The minimum absolute atomic E-state index is 0.250. The molecule has 1 aromatic carbocycles. The number of benzene rings is 1. The van der Waals surface area contributed by atoms with Gasteiger partial charge in [0, 0.05) is 43.6 Å². The SMILES string of the molecule is CCCCCCCCCCCCO[C@@H]1O[C@H](CO)[C@@H](O)[C@@H](O)[C@H]1NC(=O)CCCc1ccc(N(CCCl)CCCl)cc1. The Kier molecular flexibility index (Phi) is 19.8. The number of hydrogen-bond donors (Lipinski definition) is 4. The molecule has 10 heteroatoms. The van der Waals surface area contributed by atoms with E-state index in [1.165, 1.54) is 44.9 Å². The van der Waals surface area contributed by atoms with E-state index in [-0.39, 0.29) is 12.3 Å². The number of halogens is 2. The molecule has 0 radical (unpaired) electrons. The maximum absolute atomic E-state index is 12.8. The van der Waals surface area contributed by atoms with Crippen molar-refractivity contribution in [3.05, 3.63) is 29.8 Å². The maximum Gasteiger partial charge on any atom is 0.220 e. The van der Waals surface area contributed by atoms with Gasteiger partial charge in [-0.25, -0.2) is 0 Å². The maximum atomic E-state index is 12.8. The van der Waals surface area contributed by atoms with E-state index in [1.807, 2.05) is 24.3 Å². The number of nitrogens with one attached hydrogen (secondary N) is 1. The number of ether oxygens (including phenoxy) is 2. The van der Waals surface area contributed by atoms with E-state index in [9.17, 15) is 20.1 Å². The molecule has 42 heavy (non-hydrogen) atoms. The number of aryl methyl sites for hydroxylation is 1. The number of aliphatic hydroxyl groups excluding tert-OH is 3. The highest BCUT2D eigenvalue weighted by molar-refractivity contribution is 6.18. The second-order valence-electron chi connectivity index (χ2n) is 11.2. The number of rotatable bonds is 23. The summed E-state index contributed by atoms with van der Waals surface area (Å²) in [4.78, 5) is 14.9. The van der Waals surface area contributed by atoms with Gasteiger partial charge in [0.15, 0.2) is 6.29 Å². The van der Waals surface area contributed by atoms with Crippen LogP contribution in [0.3, 0.4) is 0 Å². The molecule has 4 N–H and O–H groups in total. The van der Waals surface area contributed by atoms with Crippen LogP contribution in [-0.2, 0) is 20.7 Å². The van der Waals surface area contributed by atoms with Crippen molar-refractivity contribution < 1.29 is 29.6 Å². The van der Waals surface area contributed by atoms with Gasteiger partial charge in [-0.15, -0.1) is 23.2 Å². The third-order valence-corrected chi connectivity index (χ3v) is 8.21. The van der Waals surface area contributed by atoms with Gasteiger partial charge in [0.2, 0.25) is 5.91 Å². The molecule has 0 spiro atoms. The molecule has 1 aromatic rings. The van der Waals surface area contributed by atoms with Crippen molar-refractivity contribution in [3.8, 4) is 0 Å². The summed E-state index contributed by atoms with van der Waals surface area (Å²) in [5.41, 5.74) is 2.18. The molecule has 5 atom stereocenters. The summed E-state index contributed by atoms with van der Waals surface area (Å²) in [6, 6.07) is 7.25. The van der Waals surface area contributed by atoms with E-state index in [0.717, 1.165) is 50.0 Å². The molecule has 242 valence electrons. The van der Waals surface area contributed by atoms with Gasteiger partial charge >= 0.3 is 0 Å². The van der Waals surface area contributed by atoms with E-state index >= 15 is 0 Å². The highest BCUT2D eigenvalue weighted by atomic mass is 35.5. The lowest BCUT2D eigenvalue weighted by Crippen LogP contribution is -2.64. The van der Waals surface area contributed by atoms with Crippen molar-refractivity contribution in [1.82, 2.24) is 5.32 Å². The van der Waals surface area contributed by atoms with Crippen LogP contribution in [0.4, 0.5) is 5.69 Å². The molecule has 1 saturated heterocycles. The number of carbonyl (C=O) groups is 1. The number of hydrogen-bond acceptors (Lipinski definition) is 7. The van der Waals surface area contributed by atoms with E-state index < -0.39 is 37.3 Å². The normalized spacial score (nSPS) is 22.3. The molecule has 0 bridgehead atoms. The first-order valence-corrected chi connectivity index (χ1v) is 17.0. The Labute approximate surface area is 263 Å². The molecule has 8 nitrogen and oxygen atoms in total. The largest absolute Gasteiger partial charge is 0.394 e. The van der Waals surface area contributed by atoms with Gasteiger partial charge < -0.3 is 35.0 Å². The smallest absolute Gasteiger partial charge is 0.220 e. The van der Waals surface area contributed by atoms with Gasteiger partial charge in [0.05, 0.1) is 6.61 Å². The van der Waals surface area contributed by atoms with Gasteiger partial charge in [0.1, 0.15) is 24.4 Å². The summed E-state index contributed by atoms with van der Waals surface area (Å²) >= 11 is 11.8. The number of amides is 1. The molecule has 1 heterocycles. The van der Waals surface area contributed by atoms with E-state index in [2.05, 4.69) is 17.1 Å². The Hall–Kier alpha value is -1.13. The van der Waals surface area contributed by atoms with E-state index in [0.29, 0.717) is 24.8 Å². The number of alkyl halides is 2. The van der Waals surface area contributed by atoms with Crippen LogP contribution in [0.25, 0.3) is 0 Å². The predicted octanol–water partition coefficient (Wildman–Crippen LogP) is 5.15. The van der Waals surface area contributed by atoms with E-state index in [4.69, 9.17) is 32.7 Å². The monoisotopic (exact) mass is 632 g/mol. The minimum Gasteiger partial charge on any atom is -0.394 e. The zero-order chi connectivity index (χ0) is 30.6. The van der Waals surface area contributed by atoms with Crippen molar-refractivity contribution in [2.75, 3.05) is 43.0 Å². The highest BCUT2D eigenvalue weighted by Gasteiger charge is 2.45. The molecule has 0 unspecified atom stereocenters. The van der Waals surface area contributed by atoms with Crippen LogP contribution >= 0.6 is 23.2 Å². The summed E-state index contributed by atoms with van der Waals surface area (Å²) < 4.78 is 11.7. The van der Waals surface area contributed by atoms with Crippen molar-refractivity contribution >= 4 is 34.8 Å². The van der Waals surface area contributed by atoms with Crippen molar-refractivity contribution in [2.45, 2.75) is 121 Å². The van der Waals surface area contributed by atoms with Crippen LogP contribution in [0, 0.1) is 0 Å². The average Bonchev–Trinajstić information content (AvgIpc) is 2.99. The lowest BCUT2D eigenvalue weighted by atomic mass is 9.96.